The van der Waals surface area contributed by atoms with Gasteiger partial charge in [0.25, 0.3) is 0 Å². The second-order valence-corrected chi connectivity index (χ2v) is 3.87. The van der Waals surface area contributed by atoms with Gasteiger partial charge in [-0.1, -0.05) is 35.8 Å². The van der Waals surface area contributed by atoms with Crippen LogP contribution in [0, 0.1) is 0 Å². The lowest BCUT2D eigenvalue weighted by atomic mass is 10.1. The minimum Gasteiger partial charge on any atom is -0.339 e. The van der Waals surface area contributed by atoms with Crippen molar-refractivity contribution in [2.45, 2.75) is 19.4 Å². The normalized spacial score (nSPS) is 12.7. The van der Waals surface area contributed by atoms with Gasteiger partial charge in [-0.3, -0.25) is 0 Å². The summed E-state index contributed by atoms with van der Waals surface area (Å²) in [5.74, 6) is 1.08. The van der Waals surface area contributed by atoms with E-state index < -0.39 is 6.04 Å². The first-order valence-electron chi connectivity index (χ1n) is 5.04. The molecule has 5 heteroatoms. The first kappa shape index (κ1) is 11.1. The summed E-state index contributed by atoms with van der Waals surface area (Å²) in [4.78, 5) is 4.19. The van der Waals surface area contributed by atoms with Gasteiger partial charge in [0.2, 0.25) is 5.89 Å². The molecule has 16 heavy (non-hydrogen) atoms. The molecule has 1 unspecified atom stereocenters. The maximum Gasteiger partial charge on any atom is 0.226 e. The van der Waals surface area contributed by atoms with E-state index >= 15 is 0 Å². The number of hydrogen-bond acceptors (Lipinski definition) is 4. The highest BCUT2D eigenvalue weighted by molar-refractivity contribution is 6.30. The fourth-order valence-corrected chi connectivity index (χ4v) is 1.59. The number of benzene rings is 1. The largest absolute Gasteiger partial charge is 0.339 e. The summed E-state index contributed by atoms with van der Waals surface area (Å²) < 4.78 is 5.01. The third-order valence-corrected chi connectivity index (χ3v) is 2.51. The third kappa shape index (κ3) is 2.23. The third-order valence-electron chi connectivity index (χ3n) is 2.27. The Hall–Kier alpha value is -1.39. The number of halogens is 1. The van der Waals surface area contributed by atoms with E-state index in [0.29, 0.717) is 23.2 Å². The highest BCUT2D eigenvalue weighted by Gasteiger charge is 2.15. The molecule has 0 saturated heterocycles. The predicted molar refractivity (Wildman–Crippen MR) is 61.2 cm³/mol. The second kappa shape index (κ2) is 4.63. The van der Waals surface area contributed by atoms with E-state index in [-0.39, 0.29) is 0 Å². The van der Waals surface area contributed by atoms with Gasteiger partial charge in [0.15, 0.2) is 5.82 Å². The van der Waals surface area contributed by atoms with Crippen LogP contribution < -0.4 is 5.73 Å². The van der Waals surface area contributed by atoms with E-state index in [4.69, 9.17) is 21.9 Å². The van der Waals surface area contributed by atoms with Crippen molar-refractivity contribution in [3.63, 3.8) is 0 Å². The molecule has 1 atom stereocenters. The molecule has 0 fully saturated rings. The molecule has 1 aromatic carbocycles. The molecule has 0 aliphatic rings. The summed E-state index contributed by atoms with van der Waals surface area (Å²) in [5, 5.41) is 4.48. The van der Waals surface area contributed by atoms with Crippen molar-refractivity contribution in [2.75, 3.05) is 0 Å². The lowest BCUT2D eigenvalue weighted by Crippen LogP contribution is -2.13. The van der Waals surface area contributed by atoms with E-state index in [9.17, 15) is 0 Å². The van der Waals surface area contributed by atoms with E-state index in [1.54, 1.807) is 12.1 Å². The lowest BCUT2D eigenvalue weighted by Gasteiger charge is -2.06. The van der Waals surface area contributed by atoms with Crippen molar-refractivity contribution in [1.82, 2.24) is 10.1 Å². The zero-order valence-corrected chi connectivity index (χ0v) is 9.61. The molecule has 2 rings (SSSR count). The molecule has 1 heterocycles. The highest BCUT2D eigenvalue weighted by Crippen LogP contribution is 2.20. The van der Waals surface area contributed by atoms with Crippen LogP contribution in [0.3, 0.4) is 0 Å². The Bertz CT molecular complexity index is 484. The quantitative estimate of drug-likeness (QED) is 0.890. The molecule has 0 spiro atoms. The summed E-state index contributed by atoms with van der Waals surface area (Å²) in [6.45, 7) is 1.95. The lowest BCUT2D eigenvalue weighted by molar-refractivity contribution is 0.375. The van der Waals surface area contributed by atoms with Crippen LogP contribution >= 0.6 is 11.6 Å². The van der Waals surface area contributed by atoms with Crippen LogP contribution in [0.4, 0.5) is 0 Å². The van der Waals surface area contributed by atoms with Gasteiger partial charge in [-0.15, -0.1) is 0 Å². The number of nitrogens with zero attached hydrogens (tertiary/aromatic N) is 2. The van der Waals surface area contributed by atoms with Crippen LogP contribution in [0.2, 0.25) is 5.02 Å². The molecular weight excluding hydrogens is 226 g/mol. The molecule has 0 radical (unpaired) electrons. The van der Waals surface area contributed by atoms with Crippen LogP contribution in [-0.2, 0) is 6.42 Å². The average Bonchev–Trinajstić information content (AvgIpc) is 2.76. The predicted octanol–water partition coefficient (Wildman–Crippen LogP) is 2.33. The summed E-state index contributed by atoms with van der Waals surface area (Å²) >= 11 is 5.89. The molecule has 0 saturated carbocycles. The molecule has 0 aliphatic heterocycles. The Morgan fingerprint density at radius 1 is 1.50 bits per heavy atom. The number of hydrogen-bond donors (Lipinski definition) is 1. The maximum atomic E-state index is 6.01. The van der Waals surface area contributed by atoms with Crippen LogP contribution in [0.1, 0.15) is 30.2 Å². The molecule has 0 aliphatic carbocycles. The molecule has 2 N–H and O–H groups in total. The summed E-state index contributed by atoms with van der Waals surface area (Å²) in [5.41, 5.74) is 6.88. The van der Waals surface area contributed by atoms with E-state index in [1.165, 1.54) is 0 Å². The molecule has 0 amide bonds. The van der Waals surface area contributed by atoms with E-state index in [0.717, 1.165) is 5.56 Å². The Kier molecular flexibility index (Phi) is 3.22. The van der Waals surface area contributed by atoms with E-state index in [2.05, 4.69) is 10.1 Å². The van der Waals surface area contributed by atoms with Crippen molar-refractivity contribution in [3.8, 4) is 0 Å². The van der Waals surface area contributed by atoms with Gasteiger partial charge in [0.05, 0.1) is 6.04 Å². The molecule has 0 bridgehead atoms. The van der Waals surface area contributed by atoms with Gasteiger partial charge >= 0.3 is 0 Å². The minimum atomic E-state index is -0.400. The zero-order valence-electron chi connectivity index (χ0n) is 8.85. The van der Waals surface area contributed by atoms with Gasteiger partial charge in [0.1, 0.15) is 0 Å². The van der Waals surface area contributed by atoms with Gasteiger partial charge in [0, 0.05) is 11.4 Å². The van der Waals surface area contributed by atoms with Gasteiger partial charge in [-0.25, -0.2) is 0 Å². The molecule has 84 valence electrons. The SMILES string of the molecule is CCc1nc(C(N)c2cccc(Cl)c2)no1. The summed E-state index contributed by atoms with van der Waals surface area (Å²) in [6, 6.07) is 6.93. The molecular formula is C11H12ClN3O. The monoisotopic (exact) mass is 237 g/mol. The smallest absolute Gasteiger partial charge is 0.226 e. The first-order valence-corrected chi connectivity index (χ1v) is 5.42. The van der Waals surface area contributed by atoms with Crippen molar-refractivity contribution >= 4 is 11.6 Å². The standard InChI is InChI=1S/C11H12ClN3O/c1-2-9-14-11(15-16-9)10(13)7-4-3-5-8(12)6-7/h3-6,10H,2,13H2,1H3. The molecule has 1 aromatic heterocycles. The first-order chi connectivity index (χ1) is 7.70. The second-order valence-electron chi connectivity index (χ2n) is 3.43. The molecule has 4 nitrogen and oxygen atoms in total. The number of aromatic nitrogens is 2. The van der Waals surface area contributed by atoms with Crippen molar-refractivity contribution < 1.29 is 4.52 Å². The Morgan fingerprint density at radius 3 is 2.94 bits per heavy atom. The number of rotatable bonds is 3. The summed E-state index contributed by atoms with van der Waals surface area (Å²) in [6.07, 6.45) is 0.704. The number of aryl methyl sites for hydroxylation is 1. The van der Waals surface area contributed by atoms with Crippen LogP contribution in [0.15, 0.2) is 28.8 Å². The van der Waals surface area contributed by atoms with Crippen molar-refractivity contribution in [2.24, 2.45) is 5.73 Å². The topological polar surface area (TPSA) is 64.9 Å². The maximum absolute atomic E-state index is 6.01. The van der Waals surface area contributed by atoms with Gasteiger partial charge in [-0.2, -0.15) is 4.98 Å². The summed E-state index contributed by atoms with van der Waals surface area (Å²) in [7, 11) is 0. The Balaban J connectivity index is 2.27. The average molecular weight is 238 g/mol. The highest BCUT2D eigenvalue weighted by atomic mass is 35.5. The fourth-order valence-electron chi connectivity index (χ4n) is 1.39. The number of nitrogens with two attached hydrogens (primary N) is 1. The van der Waals surface area contributed by atoms with Crippen LogP contribution in [0.25, 0.3) is 0 Å². The van der Waals surface area contributed by atoms with Crippen molar-refractivity contribution in [1.29, 1.82) is 0 Å². The molecule has 2 aromatic rings. The van der Waals surface area contributed by atoms with Crippen molar-refractivity contribution in [3.05, 3.63) is 46.6 Å². The van der Waals surface area contributed by atoms with Gasteiger partial charge in [-0.05, 0) is 17.7 Å². The van der Waals surface area contributed by atoms with Crippen LogP contribution in [-0.4, -0.2) is 10.1 Å². The van der Waals surface area contributed by atoms with Crippen LogP contribution in [0.5, 0.6) is 0 Å². The zero-order chi connectivity index (χ0) is 11.5. The Labute approximate surface area is 98.4 Å². The van der Waals surface area contributed by atoms with Gasteiger partial charge < -0.3 is 10.3 Å². The Morgan fingerprint density at radius 2 is 2.31 bits per heavy atom. The van der Waals surface area contributed by atoms with E-state index in [1.807, 2.05) is 19.1 Å². The minimum absolute atomic E-state index is 0.400. The fraction of sp³-hybridized carbons (Fsp3) is 0.273.